The Labute approximate surface area is 164 Å². The lowest BCUT2D eigenvalue weighted by Gasteiger charge is -2.15. The molecule has 0 saturated heterocycles. The van der Waals surface area contributed by atoms with Crippen molar-refractivity contribution in [1.29, 1.82) is 0 Å². The van der Waals surface area contributed by atoms with Crippen molar-refractivity contribution in [1.82, 2.24) is 0 Å². The zero-order chi connectivity index (χ0) is 20.8. The minimum Gasteiger partial charge on any atom is -0.496 e. The van der Waals surface area contributed by atoms with E-state index in [0.717, 1.165) is 16.9 Å². The van der Waals surface area contributed by atoms with Crippen LogP contribution in [-0.2, 0) is 6.42 Å². The molecule has 0 atom stereocenters. The van der Waals surface area contributed by atoms with E-state index >= 15 is 0 Å². The first-order chi connectivity index (χ1) is 13.2. The van der Waals surface area contributed by atoms with Crippen molar-refractivity contribution in [2.75, 3.05) is 35.5 Å². The highest BCUT2D eigenvalue weighted by Crippen LogP contribution is 2.36. The first-order valence-electron chi connectivity index (χ1n) is 9.16. The van der Waals surface area contributed by atoms with Gasteiger partial charge in [0.1, 0.15) is 5.75 Å². The zero-order valence-electron chi connectivity index (χ0n) is 18.1. The van der Waals surface area contributed by atoms with E-state index in [1.165, 1.54) is 0 Å². The van der Waals surface area contributed by atoms with E-state index in [0.29, 0.717) is 29.4 Å². The third-order valence-corrected chi connectivity index (χ3v) is 3.63. The van der Waals surface area contributed by atoms with E-state index in [2.05, 4.69) is 0 Å². The van der Waals surface area contributed by atoms with E-state index in [4.69, 9.17) is 23.7 Å². The van der Waals surface area contributed by atoms with Gasteiger partial charge in [0.2, 0.25) is 0 Å². The average molecular weight is 379 g/mol. The third kappa shape index (κ3) is 6.59. The molecule has 2 rings (SSSR count). The molecular weight excluding hydrogens is 344 g/mol. The van der Waals surface area contributed by atoms with Gasteiger partial charge in [-0.3, -0.25) is 0 Å². The monoisotopic (exact) mass is 378 g/mol. The lowest BCUT2D eigenvalue weighted by Crippen LogP contribution is -1.99. The van der Waals surface area contributed by atoms with Crippen molar-refractivity contribution >= 4 is 0 Å². The summed E-state index contributed by atoms with van der Waals surface area (Å²) in [5.74, 6) is 3.46. The number of rotatable bonds is 7. The Hall–Kier alpha value is -2.56. The molecular formula is C22H34O5. The molecule has 2 aromatic carbocycles. The molecule has 0 bridgehead atoms. The molecule has 0 fully saturated rings. The average Bonchev–Trinajstić information content (AvgIpc) is 2.75. The predicted molar refractivity (Wildman–Crippen MR) is 111 cm³/mol. The Morgan fingerprint density at radius 3 is 1.44 bits per heavy atom. The van der Waals surface area contributed by atoms with E-state index < -0.39 is 0 Å². The molecule has 0 aliphatic carbocycles. The molecule has 27 heavy (non-hydrogen) atoms. The summed E-state index contributed by atoms with van der Waals surface area (Å²) in [6.07, 6.45) is 0.671. The summed E-state index contributed by atoms with van der Waals surface area (Å²) < 4.78 is 26.8. The molecule has 2 aromatic rings. The minimum atomic E-state index is 0.639. The van der Waals surface area contributed by atoms with E-state index in [1.54, 1.807) is 35.5 Å². The number of hydrogen-bond acceptors (Lipinski definition) is 5. The number of benzene rings is 2. The van der Waals surface area contributed by atoms with E-state index in [1.807, 2.05) is 58.0 Å². The Bertz CT molecular complexity index is 668. The topological polar surface area (TPSA) is 46.2 Å². The van der Waals surface area contributed by atoms with Crippen LogP contribution in [0.2, 0.25) is 0 Å². The second-order valence-electron chi connectivity index (χ2n) is 4.89. The maximum Gasteiger partial charge on any atom is 0.164 e. The van der Waals surface area contributed by atoms with Crippen LogP contribution in [-0.4, -0.2) is 35.5 Å². The third-order valence-electron chi connectivity index (χ3n) is 3.63. The highest BCUT2D eigenvalue weighted by Gasteiger charge is 2.13. The highest BCUT2D eigenvalue weighted by molar-refractivity contribution is 5.53. The highest BCUT2D eigenvalue weighted by atomic mass is 16.5. The summed E-state index contributed by atoms with van der Waals surface area (Å²) in [5.41, 5.74) is 2.07. The molecule has 0 aliphatic rings. The van der Waals surface area contributed by atoms with Crippen molar-refractivity contribution < 1.29 is 23.7 Å². The number of hydrogen-bond donors (Lipinski definition) is 0. The molecule has 0 spiro atoms. The molecule has 0 amide bonds. The largest absolute Gasteiger partial charge is 0.496 e. The first-order valence-corrected chi connectivity index (χ1v) is 9.16. The lowest BCUT2D eigenvalue weighted by atomic mass is 10.0. The second kappa shape index (κ2) is 13.6. The van der Waals surface area contributed by atoms with Crippen molar-refractivity contribution in [3.05, 3.63) is 41.5 Å². The Kier molecular flexibility index (Phi) is 12.3. The van der Waals surface area contributed by atoms with Crippen molar-refractivity contribution in [3.63, 3.8) is 0 Å². The molecule has 5 nitrogen and oxygen atoms in total. The van der Waals surface area contributed by atoms with Gasteiger partial charge in [-0.15, -0.1) is 0 Å². The summed E-state index contributed by atoms with van der Waals surface area (Å²) in [4.78, 5) is 0. The molecule has 0 N–H and O–H groups in total. The standard InChI is InChI=1S/C18H22O5.2C2H6/c1-19-14-7-6-12(9-16(14)21-3)8-13-10-17(22-4)18(23-5)11-15(13)20-2;2*1-2/h6-7,9-11H,8H2,1-5H3;2*1-2H3. The maximum atomic E-state index is 5.47. The summed E-state index contributed by atoms with van der Waals surface area (Å²) in [5, 5.41) is 0. The zero-order valence-corrected chi connectivity index (χ0v) is 18.1. The molecule has 0 heterocycles. The molecule has 152 valence electrons. The first kappa shape index (κ1) is 24.4. The van der Waals surface area contributed by atoms with Crippen LogP contribution in [0.4, 0.5) is 0 Å². The van der Waals surface area contributed by atoms with Crippen molar-refractivity contribution in [2.45, 2.75) is 34.1 Å². The van der Waals surface area contributed by atoms with Gasteiger partial charge in [0.25, 0.3) is 0 Å². The summed E-state index contributed by atoms with van der Waals surface area (Å²) >= 11 is 0. The normalized spacial score (nSPS) is 9.07. The number of ether oxygens (including phenoxy) is 5. The molecule has 0 aliphatic heterocycles. The van der Waals surface area contributed by atoms with Gasteiger partial charge in [-0.2, -0.15) is 0 Å². The second-order valence-corrected chi connectivity index (χ2v) is 4.89. The van der Waals surface area contributed by atoms with Gasteiger partial charge in [-0.05, 0) is 23.8 Å². The Balaban J connectivity index is 0.00000158. The van der Waals surface area contributed by atoms with Gasteiger partial charge in [0.15, 0.2) is 23.0 Å². The van der Waals surface area contributed by atoms with Crippen molar-refractivity contribution in [2.24, 2.45) is 0 Å². The smallest absolute Gasteiger partial charge is 0.164 e. The SMILES string of the molecule is CC.CC.COc1cc(OC)c(OC)cc1Cc1ccc(OC)c(OC)c1. The fraction of sp³-hybridized carbons (Fsp3) is 0.455. The van der Waals surface area contributed by atoms with Crippen LogP contribution < -0.4 is 23.7 Å². The molecule has 0 saturated carbocycles. The molecule has 5 heteroatoms. The van der Waals surface area contributed by atoms with Crippen LogP contribution in [0, 0.1) is 0 Å². The molecule has 0 aromatic heterocycles. The summed E-state index contributed by atoms with van der Waals surface area (Å²) in [6.45, 7) is 8.00. The van der Waals surface area contributed by atoms with Gasteiger partial charge >= 0.3 is 0 Å². The maximum absolute atomic E-state index is 5.47. The number of methoxy groups -OCH3 is 5. The van der Waals surface area contributed by atoms with E-state index in [9.17, 15) is 0 Å². The van der Waals surface area contributed by atoms with Gasteiger partial charge in [-0.1, -0.05) is 33.8 Å². The van der Waals surface area contributed by atoms with E-state index in [-0.39, 0.29) is 0 Å². The van der Waals surface area contributed by atoms with Gasteiger partial charge in [0, 0.05) is 18.1 Å². The van der Waals surface area contributed by atoms with Crippen LogP contribution in [0.5, 0.6) is 28.7 Å². The minimum absolute atomic E-state index is 0.639. The van der Waals surface area contributed by atoms with Gasteiger partial charge in [0.05, 0.1) is 35.5 Å². The molecule has 0 unspecified atom stereocenters. The fourth-order valence-corrected chi connectivity index (χ4v) is 2.44. The Morgan fingerprint density at radius 2 is 0.963 bits per heavy atom. The summed E-state index contributed by atoms with van der Waals surface area (Å²) in [7, 11) is 8.10. The van der Waals surface area contributed by atoms with Gasteiger partial charge < -0.3 is 23.7 Å². The predicted octanol–water partition coefficient (Wildman–Crippen LogP) is 5.37. The van der Waals surface area contributed by atoms with Crippen molar-refractivity contribution in [3.8, 4) is 28.7 Å². The van der Waals surface area contributed by atoms with Crippen LogP contribution >= 0.6 is 0 Å². The lowest BCUT2D eigenvalue weighted by molar-refractivity contribution is 0.347. The van der Waals surface area contributed by atoms with Crippen LogP contribution in [0.15, 0.2) is 30.3 Å². The summed E-state index contributed by atoms with van der Waals surface area (Å²) in [6, 6.07) is 9.59. The molecule has 0 radical (unpaired) electrons. The Morgan fingerprint density at radius 1 is 0.519 bits per heavy atom. The fourth-order valence-electron chi connectivity index (χ4n) is 2.44. The van der Waals surface area contributed by atoms with Gasteiger partial charge in [-0.25, -0.2) is 0 Å². The quantitative estimate of drug-likeness (QED) is 0.648. The van der Waals surface area contributed by atoms with Crippen LogP contribution in [0.1, 0.15) is 38.8 Å². The van der Waals surface area contributed by atoms with Crippen LogP contribution in [0.3, 0.4) is 0 Å². The van der Waals surface area contributed by atoms with Crippen LogP contribution in [0.25, 0.3) is 0 Å².